The van der Waals surface area contributed by atoms with E-state index in [1.807, 2.05) is 0 Å². The minimum atomic E-state index is -0.526. The first-order valence-electron chi connectivity index (χ1n) is 6.76. The number of hydrogen-bond acceptors (Lipinski definition) is 3. The Hall–Kier alpha value is -2.06. The predicted octanol–water partition coefficient (Wildman–Crippen LogP) is 2.55. The Morgan fingerprint density at radius 2 is 2.14 bits per heavy atom. The van der Waals surface area contributed by atoms with E-state index in [0.717, 1.165) is 5.56 Å². The smallest absolute Gasteiger partial charge is 0.407 e. The highest BCUT2D eigenvalue weighted by Gasteiger charge is 2.15. The van der Waals surface area contributed by atoms with Gasteiger partial charge in [0.05, 0.1) is 5.56 Å². The lowest BCUT2D eigenvalue weighted by molar-refractivity contribution is 0.0529. The molecule has 0 unspecified atom stereocenters. The quantitative estimate of drug-likeness (QED) is 0.664. The van der Waals surface area contributed by atoms with Crippen molar-refractivity contribution in [1.29, 1.82) is 0 Å². The molecule has 0 aliphatic rings. The van der Waals surface area contributed by atoms with Gasteiger partial charge in [0, 0.05) is 19.5 Å². The summed E-state index contributed by atoms with van der Waals surface area (Å²) in [6, 6.07) is 4.61. The second-order valence-corrected chi connectivity index (χ2v) is 5.50. The molecule has 5 heteroatoms. The van der Waals surface area contributed by atoms with Gasteiger partial charge < -0.3 is 15.8 Å². The molecule has 1 rings (SSSR count). The molecule has 0 saturated carbocycles. The standard InChI is InChI=1S/C16H21FN2O2/c1-16(2,3)21-15(20)19-9-5-4-6-13-10-12(11-18)7-8-14(13)17/h7-8,10H,5,9,11,18H2,1-3H3,(H,19,20). The molecule has 0 heterocycles. The number of nitrogens with one attached hydrogen (secondary N) is 1. The van der Waals surface area contributed by atoms with Crippen LogP contribution in [0.5, 0.6) is 0 Å². The number of ether oxygens (including phenoxy) is 1. The van der Waals surface area contributed by atoms with Crippen LogP contribution in [0.3, 0.4) is 0 Å². The fourth-order valence-electron chi connectivity index (χ4n) is 1.49. The van der Waals surface area contributed by atoms with Crippen LogP contribution in [-0.2, 0) is 11.3 Å². The molecule has 0 spiro atoms. The van der Waals surface area contributed by atoms with Gasteiger partial charge in [0.15, 0.2) is 0 Å². The van der Waals surface area contributed by atoms with Gasteiger partial charge in [0.1, 0.15) is 11.4 Å². The Bertz CT molecular complexity index is 554. The van der Waals surface area contributed by atoms with Gasteiger partial charge in [-0.1, -0.05) is 17.9 Å². The SMILES string of the molecule is CC(C)(C)OC(=O)NCCC#Cc1cc(CN)ccc1F. The molecule has 1 amide bonds. The molecule has 114 valence electrons. The number of hydrogen-bond donors (Lipinski definition) is 2. The van der Waals surface area contributed by atoms with E-state index >= 15 is 0 Å². The minimum Gasteiger partial charge on any atom is -0.444 e. The Labute approximate surface area is 124 Å². The van der Waals surface area contributed by atoms with E-state index in [2.05, 4.69) is 17.2 Å². The molecule has 0 aromatic heterocycles. The molecule has 21 heavy (non-hydrogen) atoms. The van der Waals surface area contributed by atoms with Crippen molar-refractivity contribution in [3.8, 4) is 11.8 Å². The Balaban J connectivity index is 2.45. The Morgan fingerprint density at radius 3 is 2.76 bits per heavy atom. The van der Waals surface area contributed by atoms with Crippen LogP contribution >= 0.6 is 0 Å². The maximum absolute atomic E-state index is 13.5. The summed E-state index contributed by atoms with van der Waals surface area (Å²) in [5, 5.41) is 2.59. The summed E-state index contributed by atoms with van der Waals surface area (Å²) < 4.78 is 18.6. The fourth-order valence-corrected chi connectivity index (χ4v) is 1.49. The average Bonchev–Trinajstić information content (AvgIpc) is 2.38. The molecular weight excluding hydrogens is 271 g/mol. The van der Waals surface area contributed by atoms with Crippen molar-refractivity contribution in [2.45, 2.75) is 39.3 Å². The number of alkyl carbamates (subject to hydrolysis) is 1. The summed E-state index contributed by atoms with van der Waals surface area (Å²) >= 11 is 0. The molecular formula is C16H21FN2O2. The van der Waals surface area contributed by atoms with E-state index < -0.39 is 11.7 Å². The second-order valence-electron chi connectivity index (χ2n) is 5.50. The minimum absolute atomic E-state index is 0.315. The zero-order valence-corrected chi connectivity index (χ0v) is 12.6. The predicted molar refractivity (Wildman–Crippen MR) is 80.0 cm³/mol. The number of rotatable bonds is 3. The maximum atomic E-state index is 13.5. The molecule has 0 radical (unpaired) electrons. The number of nitrogens with two attached hydrogens (primary N) is 1. The van der Waals surface area contributed by atoms with E-state index in [-0.39, 0.29) is 5.82 Å². The van der Waals surface area contributed by atoms with E-state index in [0.29, 0.717) is 25.1 Å². The van der Waals surface area contributed by atoms with Crippen LogP contribution in [-0.4, -0.2) is 18.2 Å². The van der Waals surface area contributed by atoms with Gasteiger partial charge >= 0.3 is 6.09 Å². The zero-order valence-electron chi connectivity index (χ0n) is 12.6. The van der Waals surface area contributed by atoms with Crippen LogP contribution in [0.2, 0.25) is 0 Å². The largest absolute Gasteiger partial charge is 0.444 e. The van der Waals surface area contributed by atoms with Gasteiger partial charge in [-0.15, -0.1) is 0 Å². The third-order valence-corrected chi connectivity index (χ3v) is 2.41. The van der Waals surface area contributed by atoms with Gasteiger partial charge in [-0.05, 0) is 38.5 Å². The van der Waals surface area contributed by atoms with Gasteiger partial charge in [-0.25, -0.2) is 9.18 Å². The van der Waals surface area contributed by atoms with Crippen LogP contribution in [0.15, 0.2) is 18.2 Å². The average molecular weight is 292 g/mol. The van der Waals surface area contributed by atoms with Gasteiger partial charge in [-0.3, -0.25) is 0 Å². The molecule has 0 saturated heterocycles. The summed E-state index contributed by atoms with van der Waals surface area (Å²) in [5.41, 5.74) is 6.11. The van der Waals surface area contributed by atoms with Crippen molar-refractivity contribution in [2.75, 3.05) is 6.54 Å². The van der Waals surface area contributed by atoms with Crippen LogP contribution in [0, 0.1) is 17.7 Å². The summed E-state index contributed by atoms with van der Waals surface area (Å²) in [6.07, 6.45) is -0.0773. The first kappa shape index (κ1) is 17.0. The molecule has 0 fully saturated rings. The third kappa shape index (κ3) is 6.77. The Kier molecular flexibility index (Phi) is 6.19. The first-order valence-corrected chi connectivity index (χ1v) is 6.76. The molecule has 0 aliphatic carbocycles. The van der Waals surface area contributed by atoms with Gasteiger partial charge in [0.2, 0.25) is 0 Å². The van der Waals surface area contributed by atoms with Crippen LogP contribution in [0.1, 0.15) is 38.3 Å². The maximum Gasteiger partial charge on any atom is 0.407 e. The van der Waals surface area contributed by atoms with Crippen molar-refractivity contribution in [2.24, 2.45) is 5.73 Å². The third-order valence-electron chi connectivity index (χ3n) is 2.41. The highest BCUT2D eigenvalue weighted by atomic mass is 19.1. The molecule has 4 nitrogen and oxygen atoms in total. The number of carbonyl (C=O) groups is 1. The van der Waals surface area contributed by atoms with E-state index in [1.54, 1.807) is 32.9 Å². The molecule has 3 N–H and O–H groups in total. The lowest BCUT2D eigenvalue weighted by Crippen LogP contribution is -2.32. The van der Waals surface area contributed by atoms with E-state index in [4.69, 9.17) is 10.5 Å². The number of carbonyl (C=O) groups excluding carboxylic acids is 1. The van der Waals surface area contributed by atoms with Gasteiger partial charge in [0.25, 0.3) is 0 Å². The summed E-state index contributed by atoms with van der Waals surface area (Å²) in [7, 11) is 0. The second kappa shape index (κ2) is 7.65. The summed E-state index contributed by atoms with van der Waals surface area (Å²) in [4.78, 5) is 11.4. The molecule has 0 bridgehead atoms. The van der Waals surface area contributed by atoms with Crippen LogP contribution in [0.25, 0.3) is 0 Å². The number of amides is 1. The lowest BCUT2D eigenvalue weighted by Gasteiger charge is -2.19. The zero-order chi connectivity index (χ0) is 15.9. The first-order chi connectivity index (χ1) is 9.81. The lowest BCUT2D eigenvalue weighted by atomic mass is 10.1. The number of halogens is 1. The molecule has 0 aliphatic heterocycles. The number of benzene rings is 1. The molecule has 1 aromatic carbocycles. The van der Waals surface area contributed by atoms with Crippen molar-refractivity contribution < 1.29 is 13.9 Å². The highest BCUT2D eigenvalue weighted by molar-refractivity contribution is 5.67. The van der Waals surface area contributed by atoms with E-state index in [9.17, 15) is 9.18 Å². The van der Waals surface area contributed by atoms with Crippen molar-refractivity contribution in [1.82, 2.24) is 5.32 Å². The molecule has 1 aromatic rings. The fraction of sp³-hybridized carbons (Fsp3) is 0.438. The normalized spacial score (nSPS) is 10.5. The molecule has 0 atom stereocenters. The summed E-state index contributed by atoms with van der Waals surface area (Å²) in [5.74, 6) is 5.17. The van der Waals surface area contributed by atoms with Crippen LogP contribution < -0.4 is 11.1 Å². The van der Waals surface area contributed by atoms with Crippen molar-refractivity contribution >= 4 is 6.09 Å². The van der Waals surface area contributed by atoms with Gasteiger partial charge in [-0.2, -0.15) is 0 Å². The Morgan fingerprint density at radius 1 is 1.43 bits per heavy atom. The monoisotopic (exact) mass is 292 g/mol. The highest BCUT2D eigenvalue weighted by Crippen LogP contribution is 2.09. The van der Waals surface area contributed by atoms with E-state index in [1.165, 1.54) is 6.07 Å². The topological polar surface area (TPSA) is 64.3 Å². The van der Waals surface area contributed by atoms with Crippen molar-refractivity contribution in [3.05, 3.63) is 35.1 Å². The van der Waals surface area contributed by atoms with Crippen molar-refractivity contribution in [3.63, 3.8) is 0 Å². The van der Waals surface area contributed by atoms with Crippen LogP contribution in [0.4, 0.5) is 9.18 Å². The summed E-state index contributed by atoms with van der Waals surface area (Å²) in [6.45, 7) is 6.06.